The van der Waals surface area contributed by atoms with E-state index in [1.165, 1.54) is 14.2 Å². The first-order valence-electron chi connectivity index (χ1n) is 7.85. The summed E-state index contributed by atoms with van der Waals surface area (Å²) in [4.78, 5) is 23.1. The van der Waals surface area contributed by atoms with Crippen LogP contribution in [0.3, 0.4) is 0 Å². The van der Waals surface area contributed by atoms with Crippen molar-refractivity contribution < 1.29 is 34.0 Å². The Hall–Kier alpha value is -2.54. The highest BCUT2D eigenvalue weighted by Gasteiger charge is 2.37. The first-order valence-corrected chi connectivity index (χ1v) is 7.85. The third-order valence-corrected chi connectivity index (χ3v) is 4.29. The van der Waals surface area contributed by atoms with E-state index in [2.05, 4.69) is 4.74 Å². The summed E-state index contributed by atoms with van der Waals surface area (Å²) < 4.78 is 14.8. The maximum Gasteiger partial charge on any atom is 0.345 e. The summed E-state index contributed by atoms with van der Waals surface area (Å²) in [6, 6.07) is 0. The third-order valence-electron chi connectivity index (χ3n) is 4.29. The maximum atomic E-state index is 11.9. The van der Waals surface area contributed by atoms with Crippen molar-refractivity contribution >= 4 is 11.9 Å². The zero-order valence-corrected chi connectivity index (χ0v) is 14.7. The number of aliphatic hydroxyl groups excluding tert-OH is 1. The van der Waals surface area contributed by atoms with E-state index in [0.717, 1.165) is 5.57 Å². The number of carbonyl (C=O) groups is 2. The quantitative estimate of drug-likeness (QED) is 0.599. The molecule has 1 atom stereocenters. The van der Waals surface area contributed by atoms with Crippen LogP contribution >= 0.6 is 0 Å². The summed E-state index contributed by atoms with van der Waals surface area (Å²) in [5.74, 6) is -0.918. The minimum Gasteiger partial charge on any atom is -0.507 e. The monoisotopic (exact) mass is 350 g/mol. The average Bonchev–Trinajstić information content (AvgIpc) is 2.89. The van der Waals surface area contributed by atoms with Crippen LogP contribution in [-0.4, -0.2) is 36.4 Å². The van der Waals surface area contributed by atoms with Crippen molar-refractivity contribution in [1.29, 1.82) is 0 Å². The number of hydrogen-bond acceptors (Lipinski definition) is 7. The lowest BCUT2D eigenvalue weighted by Crippen LogP contribution is -2.04. The van der Waals surface area contributed by atoms with E-state index in [1.54, 1.807) is 6.92 Å². The van der Waals surface area contributed by atoms with Crippen molar-refractivity contribution in [3.8, 4) is 11.5 Å². The summed E-state index contributed by atoms with van der Waals surface area (Å²) in [5.41, 5.74) is 2.12. The van der Waals surface area contributed by atoms with Crippen LogP contribution in [0.5, 0.6) is 11.5 Å². The number of rotatable bonds is 6. The molecule has 0 saturated carbocycles. The second-order valence-corrected chi connectivity index (χ2v) is 5.86. The van der Waals surface area contributed by atoms with Crippen LogP contribution in [0.2, 0.25) is 0 Å². The number of fused-ring (bicyclic) bond motifs is 1. The van der Waals surface area contributed by atoms with Gasteiger partial charge in [0.15, 0.2) is 0 Å². The number of methoxy groups -OCH3 is 2. The van der Waals surface area contributed by atoms with Gasteiger partial charge in [0, 0.05) is 23.1 Å². The molecule has 7 nitrogen and oxygen atoms in total. The molecule has 7 heteroatoms. The summed E-state index contributed by atoms with van der Waals surface area (Å²) in [6.07, 6.45) is 1.54. The Balaban J connectivity index is 2.35. The molecular weight excluding hydrogens is 328 g/mol. The molecule has 0 aliphatic carbocycles. The van der Waals surface area contributed by atoms with E-state index in [4.69, 9.17) is 9.47 Å². The number of esters is 2. The molecule has 1 aliphatic heterocycles. The van der Waals surface area contributed by atoms with Gasteiger partial charge >= 0.3 is 11.9 Å². The average molecular weight is 350 g/mol. The van der Waals surface area contributed by atoms with Crippen LogP contribution in [0.15, 0.2) is 11.6 Å². The first-order chi connectivity index (χ1) is 11.8. The molecule has 25 heavy (non-hydrogen) atoms. The van der Waals surface area contributed by atoms with Crippen LogP contribution in [0.4, 0.5) is 0 Å². The molecule has 1 aromatic rings. The van der Waals surface area contributed by atoms with Crippen LogP contribution in [0.1, 0.15) is 53.1 Å². The minimum atomic E-state index is -1.41. The van der Waals surface area contributed by atoms with Crippen LogP contribution in [0, 0.1) is 6.92 Å². The zero-order chi connectivity index (χ0) is 18.7. The van der Waals surface area contributed by atoms with E-state index in [1.807, 2.05) is 13.0 Å². The fourth-order valence-electron chi connectivity index (χ4n) is 2.90. The number of phenols is 1. The second-order valence-electron chi connectivity index (χ2n) is 5.86. The number of aromatic hydroxyl groups is 1. The number of benzene rings is 1. The lowest BCUT2D eigenvalue weighted by molar-refractivity contribution is -0.140. The number of ether oxygens (including phenoxy) is 3. The molecule has 0 aromatic heterocycles. The largest absolute Gasteiger partial charge is 0.507 e. The number of hydrogen-bond donors (Lipinski definition) is 2. The molecule has 0 saturated heterocycles. The van der Waals surface area contributed by atoms with Gasteiger partial charge in [0.25, 0.3) is 0 Å². The van der Waals surface area contributed by atoms with Crippen LogP contribution in [-0.2, 0) is 20.7 Å². The zero-order valence-electron chi connectivity index (χ0n) is 14.7. The summed E-state index contributed by atoms with van der Waals surface area (Å²) in [5, 5.41) is 20.4. The standard InChI is InChI=1S/C18H22O7/c1-9(6-8-12(19)23-3)5-7-11-15(20)14-13(10(2)16(11)24-4)17(21)25-18(14)22/h5,17,20-21H,6-8H2,1-4H3. The molecule has 0 radical (unpaired) electrons. The molecule has 1 aliphatic rings. The highest BCUT2D eigenvalue weighted by molar-refractivity contribution is 5.98. The minimum absolute atomic E-state index is 0.0265. The molecule has 0 bridgehead atoms. The fourth-order valence-corrected chi connectivity index (χ4v) is 2.90. The van der Waals surface area contributed by atoms with Gasteiger partial charge in [-0.15, -0.1) is 0 Å². The van der Waals surface area contributed by atoms with E-state index >= 15 is 0 Å². The fraction of sp³-hybridized carbons (Fsp3) is 0.444. The smallest absolute Gasteiger partial charge is 0.345 e. The Morgan fingerprint density at radius 2 is 2.00 bits per heavy atom. The predicted octanol–water partition coefficient (Wildman–Crippen LogP) is 2.31. The summed E-state index contributed by atoms with van der Waals surface area (Å²) >= 11 is 0. The highest BCUT2D eigenvalue weighted by atomic mass is 16.6. The Morgan fingerprint density at radius 1 is 1.32 bits per heavy atom. The lowest BCUT2D eigenvalue weighted by Gasteiger charge is -2.16. The Morgan fingerprint density at radius 3 is 2.60 bits per heavy atom. The first kappa shape index (κ1) is 18.8. The van der Waals surface area contributed by atoms with Gasteiger partial charge in [-0.1, -0.05) is 11.6 Å². The van der Waals surface area contributed by atoms with Crippen molar-refractivity contribution in [2.75, 3.05) is 14.2 Å². The summed E-state index contributed by atoms with van der Waals surface area (Å²) in [6.45, 7) is 3.56. The topological polar surface area (TPSA) is 102 Å². The maximum absolute atomic E-state index is 11.9. The SMILES string of the molecule is COC(=O)CCC(C)=CCc1c(O)c2c(c(C)c1OC)C(O)OC2=O. The van der Waals surface area contributed by atoms with Crippen LogP contribution in [0.25, 0.3) is 0 Å². The van der Waals surface area contributed by atoms with E-state index in [9.17, 15) is 19.8 Å². The Bertz CT molecular complexity index is 734. The number of carbonyl (C=O) groups excluding carboxylic acids is 2. The van der Waals surface area contributed by atoms with E-state index in [-0.39, 0.29) is 29.3 Å². The van der Waals surface area contributed by atoms with Crippen LogP contribution < -0.4 is 4.74 Å². The van der Waals surface area contributed by atoms with Crippen molar-refractivity contribution in [2.45, 2.75) is 39.4 Å². The van der Waals surface area contributed by atoms with Gasteiger partial charge in [0.05, 0.1) is 14.2 Å². The van der Waals surface area contributed by atoms with Gasteiger partial charge in [-0.25, -0.2) is 4.79 Å². The van der Waals surface area contributed by atoms with Crippen molar-refractivity contribution in [3.63, 3.8) is 0 Å². The number of phenolic OH excluding ortho intramolecular Hbond substituents is 1. The molecule has 2 N–H and O–H groups in total. The molecule has 1 unspecified atom stereocenters. The molecule has 2 rings (SSSR count). The molecule has 0 fully saturated rings. The highest BCUT2D eigenvalue weighted by Crippen LogP contribution is 2.45. The van der Waals surface area contributed by atoms with Crippen molar-refractivity contribution in [3.05, 3.63) is 33.9 Å². The van der Waals surface area contributed by atoms with E-state index in [0.29, 0.717) is 29.7 Å². The summed E-state index contributed by atoms with van der Waals surface area (Å²) in [7, 11) is 2.79. The van der Waals surface area contributed by atoms with E-state index < -0.39 is 12.3 Å². The lowest BCUT2D eigenvalue weighted by atomic mass is 9.94. The molecule has 1 aromatic carbocycles. The normalized spacial score (nSPS) is 16.4. The molecule has 1 heterocycles. The Kier molecular flexibility index (Phi) is 5.69. The van der Waals surface area contributed by atoms with Gasteiger partial charge in [-0.3, -0.25) is 4.79 Å². The van der Waals surface area contributed by atoms with Gasteiger partial charge in [0.2, 0.25) is 6.29 Å². The van der Waals surface area contributed by atoms with Crippen molar-refractivity contribution in [2.24, 2.45) is 0 Å². The predicted molar refractivity (Wildman–Crippen MR) is 88.5 cm³/mol. The Labute approximate surface area is 145 Å². The molecule has 0 amide bonds. The molecule has 136 valence electrons. The number of cyclic esters (lactones) is 1. The molecule has 0 spiro atoms. The number of allylic oxidation sites excluding steroid dienone is 2. The second kappa shape index (κ2) is 7.57. The number of aliphatic hydroxyl groups is 1. The van der Waals surface area contributed by atoms with Gasteiger partial charge in [-0.2, -0.15) is 0 Å². The van der Waals surface area contributed by atoms with Gasteiger partial charge < -0.3 is 24.4 Å². The third kappa shape index (κ3) is 3.61. The van der Waals surface area contributed by atoms with Crippen molar-refractivity contribution in [1.82, 2.24) is 0 Å². The van der Waals surface area contributed by atoms with Gasteiger partial charge in [0.1, 0.15) is 17.1 Å². The van der Waals surface area contributed by atoms with Gasteiger partial charge in [-0.05, 0) is 26.7 Å². The molecular formula is C18H22O7.